The second-order valence-electron chi connectivity index (χ2n) is 1.18. The number of aryl methyl sites for hydroxylation is 1. The zero-order chi connectivity index (χ0) is 5.28. The summed E-state index contributed by atoms with van der Waals surface area (Å²) in [4.78, 5) is 0. The average molecular weight is 177 g/mol. The van der Waals surface area contributed by atoms with Crippen LogP contribution in [-0.2, 0) is 0 Å². The molecule has 0 spiro atoms. The van der Waals surface area contributed by atoms with Crippen molar-refractivity contribution in [2.45, 2.75) is 6.92 Å². The summed E-state index contributed by atoms with van der Waals surface area (Å²) in [6.45, 7) is 1.94. The molecule has 0 aliphatic rings. The van der Waals surface area contributed by atoms with Gasteiger partial charge in [0.15, 0.2) is 0 Å². The lowest BCUT2D eigenvalue weighted by atomic mass is 10.5. The van der Waals surface area contributed by atoms with Crippen molar-refractivity contribution in [1.82, 2.24) is 4.37 Å². The highest BCUT2D eigenvalue weighted by molar-refractivity contribution is 9.10. The molecule has 1 aromatic rings. The van der Waals surface area contributed by atoms with Gasteiger partial charge in [0.2, 0.25) is 0 Å². The summed E-state index contributed by atoms with van der Waals surface area (Å²) >= 11 is 4.60. The van der Waals surface area contributed by atoms with Crippen LogP contribution < -0.4 is 0 Å². The predicted molar refractivity (Wildman–Crippen MR) is 33.4 cm³/mol. The average Bonchev–Trinajstić information content (AvgIpc) is 1.91. The van der Waals surface area contributed by atoms with Gasteiger partial charge in [-0.1, -0.05) is 0 Å². The molecule has 0 saturated carbocycles. The fraction of sp³-hybridized carbons (Fsp3) is 0.250. The van der Waals surface area contributed by atoms with Crippen molar-refractivity contribution >= 4 is 27.5 Å². The number of nitrogens with zero attached hydrogens (tertiary/aromatic N) is 1. The molecule has 1 rings (SSSR count). The normalized spacial score (nSPS) is 9.43. The molecule has 37 valence electrons. The van der Waals surface area contributed by atoms with Gasteiger partial charge in [-0.15, -0.1) is 0 Å². The highest BCUT2D eigenvalue weighted by Crippen LogP contribution is 2.14. The molecule has 0 bridgehead atoms. The van der Waals surface area contributed by atoms with Crippen LogP contribution in [-0.4, -0.2) is 4.37 Å². The van der Waals surface area contributed by atoms with E-state index in [1.807, 2.05) is 6.92 Å². The standard InChI is InChI=1S/C4H3BrNS/c1-3-4(5)2-7-6-3/h1H3. The van der Waals surface area contributed by atoms with Crippen molar-refractivity contribution in [3.05, 3.63) is 15.5 Å². The van der Waals surface area contributed by atoms with Gasteiger partial charge in [-0.2, -0.15) is 4.37 Å². The van der Waals surface area contributed by atoms with Crippen molar-refractivity contribution in [2.24, 2.45) is 0 Å². The van der Waals surface area contributed by atoms with Crippen molar-refractivity contribution in [3.8, 4) is 0 Å². The number of hydrogen-bond acceptors (Lipinski definition) is 2. The van der Waals surface area contributed by atoms with Crippen LogP contribution in [0.15, 0.2) is 4.47 Å². The van der Waals surface area contributed by atoms with E-state index in [-0.39, 0.29) is 0 Å². The van der Waals surface area contributed by atoms with Gasteiger partial charge in [-0.25, -0.2) is 0 Å². The van der Waals surface area contributed by atoms with Crippen molar-refractivity contribution in [1.29, 1.82) is 0 Å². The van der Waals surface area contributed by atoms with E-state index >= 15 is 0 Å². The molecule has 0 N–H and O–H groups in total. The van der Waals surface area contributed by atoms with Gasteiger partial charge in [-0.05, 0) is 34.4 Å². The first kappa shape index (κ1) is 5.25. The molecule has 0 unspecified atom stereocenters. The van der Waals surface area contributed by atoms with Crippen molar-refractivity contribution in [3.63, 3.8) is 0 Å². The van der Waals surface area contributed by atoms with Gasteiger partial charge in [0.05, 0.1) is 15.5 Å². The highest BCUT2D eigenvalue weighted by atomic mass is 79.9. The number of hydrogen-bond donors (Lipinski definition) is 0. The van der Waals surface area contributed by atoms with Crippen LogP contribution >= 0.6 is 27.5 Å². The summed E-state index contributed by atoms with van der Waals surface area (Å²) in [6.07, 6.45) is 0. The lowest BCUT2D eigenvalue weighted by Gasteiger charge is -1.74. The van der Waals surface area contributed by atoms with Gasteiger partial charge >= 0.3 is 0 Å². The fourth-order valence-corrected chi connectivity index (χ4v) is 1.17. The SMILES string of the molecule is Cc1ns[c]c1Br. The Kier molecular flexibility index (Phi) is 1.44. The summed E-state index contributed by atoms with van der Waals surface area (Å²) in [5.41, 5.74) is 1.02. The van der Waals surface area contributed by atoms with Gasteiger partial charge < -0.3 is 0 Å². The van der Waals surface area contributed by atoms with E-state index in [1.54, 1.807) is 0 Å². The first-order valence-electron chi connectivity index (χ1n) is 1.80. The van der Waals surface area contributed by atoms with Crippen molar-refractivity contribution in [2.75, 3.05) is 0 Å². The molecular weight excluding hydrogens is 174 g/mol. The zero-order valence-electron chi connectivity index (χ0n) is 3.73. The fourth-order valence-electron chi connectivity index (χ4n) is 0.245. The summed E-state index contributed by atoms with van der Waals surface area (Å²) in [6, 6.07) is 0. The Hall–Kier alpha value is 0.110. The van der Waals surface area contributed by atoms with Crippen LogP contribution in [0.5, 0.6) is 0 Å². The Morgan fingerprint density at radius 1 is 1.86 bits per heavy atom. The molecule has 0 fully saturated rings. The number of aromatic nitrogens is 1. The van der Waals surface area contributed by atoms with Crippen LogP contribution in [0.2, 0.25) is 0 Å². The second kappa shape index (κ2) is 1.92. The largest absolute Gasteiger partial charge is 0.196 e. The van der Waals surface area contributed by atoms with E-state index in [0.29, 0.717) is 0 Å². The Morgan fingerprint density at radius 3 is 2.71 bits per heavy atom. The third kappa shape index (κ3) is 1.01. The number of halogens is 1. The van der Waals surface area contributed by atoms with E-state index in [9.17, 15) is 0 Å². The minimum Gasteiger partial charge on any atom is -0.196 e. The molecular formula is C4H3BrNS. The van der Waals surface area contributed by atoms with E-state index in [0.717, 1.165) is 10.2 Å². The van der Waals surface area contributed by atoms with Crippen LogP contribution in [0.3, 0.4) is 0 Å². The lowest BCUT2D eigenvalue weighted by molar-refractivity contribution is 1.32. The molecule has 0 atom stereocenters. The Balaban J connectivity index is 3.12. The smallest absolute Gasteiger partial charge is 0.0822 e. The molecule has 0 saturated heterocycles. The molecule has 1 aromatic heterocycles. The molecule has 0 aromatic carbocycles. The molecule has 7 heavy (non-hydrogen) atoms. The summed E-state index contributed by atoms with van der Waals surface area (Å²) in [7, 11) is 0. The maximum Gasteiger partial charge on any atom is 0.0822 e. The quantitative estimate of drug-likeness (QED) is 0.590. The Morgan fingerprint density at radius 2 is 2.57 bits per heavy atom. The van der Waals surface area contributed by atoms with Crippen molar-refractivity contribution < 1.29 is 0 Å². The van der Waals surface area contributed by atoms with Crippen LogP contribution in [0.4, 0.5) is 0 Å². The Labute approximate surface area is 54.7 Å². The minimum absolute atomic E-state index is 0.984. The highest BCUT2D eigenvalue weighted by Gasteiger charge is 1.92. The van der Waals surface area contributed by atoms with Crippen LogP contribution in [0, 0.1) is 12.3 Å². The third-order valence-electron chi connectivity index (χ3n) is 0.635. The van der Waals surface area contributed by atoms with Crippen LogP contribution in [0.1, 0.15) is 5.69 Å². The minimum atomic E-state index is 0.984. The van der Waals surface area contributed by atoms with E-state index in [2.05, 4.69) is 25.7 Å². The predicted octanol–water partition coefficient (Wildman–Crippen LogP) is 2.01. The van der Waals surface area contributed by atoms with E-state index < -0.39 is 0 Å². The molecule has 1 radical (unpaired) electrons. The topological polar surface area (TPSA) is 12.9 Å². The molecule has 0 amide bonds. The van der Waals surface area contributed by atoms with E-state index in [1.165, 1.54) is 11.5 Å². The first-order valence-corrected chi connectivity index (χ1v) is 3.37. The lowest BCUT2D eigenvalue weighted by Crippen LogP contribution is -1.63. The maximum absolute atomic E-state index is 3.96. The first-order chi connectivity index (χ1) is 3.30. The maximum atomic E-state index is 3.96. The number of rotatable bonds is 0. The second-order valence-corrected chi connectivity index (χ2v) is 2.55. The molecule has 1 heterocycles. The van der Waals surface area contributed by atoms with Gasteiger partial charge in [0.25, 0.3) is 0 Å². The van der Waals surface area contributed by atoms with E-state index in [4.69, 9.17) is 0 Å². The summed E-state index contributed by atoms with van der Waals surface area (Å²) < 4.78 is 4.94. The Bertz CT molecular complexity index is 144. The third-order valence-corrected chi connectivity index (χ3v) is 2.33. The van der Waals surface area contributed by atoms with Gasteiger partial charge in [0.1, 0.15) is 0 Å². The van der Waals surface area contributed by atoms with Gasteiger partial charge in [-0.3, -0.25) is 0 Å². The van der Waals surface area contributed by atoms with Crippen LogP contribution in [0.25, 0.3) is 0 Å². The molecule has 0 aliphatic heterocycles. The van der Waals surface area contributed by atoms with Gasteiger partial charge in [0, 0.05) is 0 Å². The zero-order valence-corrected chi connectivity index (χ0v) is 6.14. The molecule has 1 nitrogen and oxygen atoms in total. The molecule has 0 aliphatic carbocycles. The summed E-state index contributed by atoms with van der Waals surface area (Å²) in [5, 5.41) is 2.92. The molecule has 3 heteroatoms. The summed E-state index contributed by atoms with van der Waals surface area (Å²) in [5.74, 6) is 0. The monoisotopic (exact) mass is 176 g/mol.